The van der Waals surface area contributed by atoms with E-state index in [-0.39, 0.29) is 0 Å². The first-order chi connectivity index (χ1) is 8.59. The number of fused-ring (bicyclic) bond motifs is 1. The van der Waals surface area contributed by atoms with Gasteiger partial charge in [0.2, 0.25) is 0 Å². The predicted molar refractivity (Wildman–Crippen MR) is 72.1 cm³/mol. The summed E-state index contributed by atoms with van der Waals surface area (Å²) in [5, 5.41) is 0. The first kappa shape index (κ1) is 13.1. The number of hydrogen-bond donors (Lipinski definition) is 0. The van der Waals surface area contributed by atoms with Crippen molar-refractivity contribution in [3.63, 3.8) is 0 Å². The van der Waals surface area contributed by atoms with E-state index in [2.05, 4.69) is 18.1 Å². The van der Waals surface area contributed by atoms with Crippen molar-refractivity contribution in [1.82, 2.24) is 4.57 Å². The molecule has 0 saturated carbocycles. The van der Waals surface area contributed by atoms with E-state index in [1.54, 1.807) is 0 Å². The first-order valence-corrected chi connectivity index (χ1v) is 6.54. The molecule has 3 nitrogen and oxygen atoms in total. The highest BCUT2D eigenvalue weighted by atomic mass is 16.5. The van der Waals surface area contributed by atoms with E-state index in [9.17, 15) is 4.79 Å². The van der Waals surface area contributed by atoms with Crippen LogP contribution in [0.1, 0.15) is 41.5 Å². The second-order valence-corrected chi connectivity index (χ2v) is 5.08. The smallest absolute Gasteiger partial charge is 0.164 e. The summed E-state index contributed by atoms with van der Waals surface area (Å²) < 4.78 is 7.76. The van der Waals surface area contributed by atoms with E-state index in [0.717, 1.165) is 36.2 Å². The zero-order valence-electron chi connectivity index (χ0n) is 11.3. The molecule has 0 bridgehead atoms. The van der Waals surface area contributed by atoms with Gasteiger partial charge >= 0.3 is 0 Å². The van der Waals surface area contributed by atoms with Crippen molar-refractivity contribution in [1.29, 1.82) is 0 Å². The van der Waals surface area contributed by atoms with E-state index < -0.39 is 0 Å². The van der Waals surface area contributed by atoms with Crippen LogP contribution in [0, 0.1) is 6.92 Å². The summed E-state index contributed by atoms with van der Waals surface area (Å²) >= 11 is 0. The lowest BCUT2D eigenvalue weighted by atomic mass is 9.97. The van der Waals surface area contributed by atoms with Crippen LogP contribution in [0.5, 0.6) is 0 Å². The van der Waals surface area contributed by atoms with Crippen LogP contribution in [0.2, 0.25) is 0 Å². The minimum Gasteiger partial charge on any atom is -0.375 e. The normalized spacial score (nSPS) is 14.7. The predicted octanol–water partition coefficient (Wildman–Crippen LogP) is 2.91. The SMILES string of the molecule is C=C(C)COCCn1c(C)cc2c1CCCC2=O. The largest absolute Gasteiger partial charge is 0.375 e. The lowest BCUT2D eigenvalue weighted by molar-refractivity contribution is 0.0971. The standard InChI is InChI=1S/C15H21NO2/c1-11(2)10-18-8-7-16-12(3)9-13-14(16)5-4-6-15(13)17/h9H,1,4-8,10H2,2-3H3. The van der Waals surface area contributed by atoms with Gasteiger partial charge in [-0.3, -0.25) is 4.79 Å². The number of aromatic nitrogens is 1. The monoisotopic (exact) mass is 247 g/mol. The molecule has 0 N–H and O–H groups in total. The Labute approximate surface area is 108 Å². The molecule has 1 aliphatic rings. The number of carbonyl (C=O) groups is 1. The van der Waals surface area contributed by atoms with Crippen LogP contribution in [-0.4, -0.2) is 23.6 Å². The van der Waals surface area contributed by atoms with Crippen molar-refractivity contribution in [3.05, 3.63) is 35.2 Å². The van der Waals surface area contributed by atoms with Gasteiger partial charge in [0.15, 0.2) is 5.78 Å². The summed E-state index contributed by atoms with van der Waals surface area (Å²) in [5.74, 6) is 0.293. The molecule has 0 unspecified atom stereocenters. The number of nitrogens with zero attached hydrogens (tertiary/aromatic N) is 1. The van der Waals surface area contributed by atoms with Crippen LogP contribution in [0.3, 0.4) is 0 Å². The Balaban J connectivity index is 2.04. The fourth-order valence-electron chi connectivity index (χ4n) is 2.50. The fraction of sp³-hybridized carbons (Fsp3) is 0.533. The van der Waals surface area contributed by atoms with Gasteiger partial charge in [0.25, 0.3) is 0 Å². The topological polar surface area (TPSA) is 31.2 Å². The number of aryl methyl sites for hydroxylation is 1. The number of ether oxygens (including phenoxy) is 1. The van der Waals surface area contributed by atoms with Gasteiger partial charge in [-0.1, -0.05) is 12.2 Å². The molecule has 2 rings (SSSR count). The summed E-state index contributed by atoms with van der Waals surface area (Å²) in [6, 6.07) is 2.02. The Morgan fingerprint density at radius 2 is 2.28 bits per heavy atom. The van der Waals surface area contributed by atoms with E-state index in [1.807, 2.05) is 13.0 Å². The third-order valence-corrected chi connectivity index (χ3v) is 3.34. The van der Waals surface area contributed by atoms with Crippen molar-refractivity contribution in [2.75, 3.05) is 13.2 Å². The Bertz CT molecular complexity index is 471. The molecule has 0 saturated heterocycles. The molecule has 0 aromatic carbocycles. The highest BCUT2D eigenvalue weighted by molar-refractivity contribution is 5.98. The maximum atomic E-state index is 11.8. The summed E-state index contributed by atoms with van der Waals surface area (Å²) in [4.78, 5) is 11.8. The Kier molecular flexibility index (Phi) is 4.02. The number of hydrogen-bond acceptors (Lipinski definition) is 2. The third kappa shape index (κ3) is 2.72. The van der Waals surface area contributed by atoms with Crippen molar-refractivity contribution in [2.24, 2.45) is 0 Å². The molecule has 18 heavy (non-hydrogen) atoms. The highest BCUT2D eigenvalue weighted by Crippen LogP contribution is 2.24. The number of rotatable bonds is 5. The van der Waals surface area contributed by atoms with E-state index in [0.29, 0.717) is 25.4 Å². The molecule has 98 valence electrons. The quantitative estimate of drug-likeness (QED) is 0.592. The molecule has 0 fully saturated rings. The van der Waals surface area contributed by atoms with E-state index >= 15 is 0 Å². The van der Waals surface area contributed by atoms with Gasteiger partial charge < -0.3 is 9.30 Å². The second-order valence-electron chi connectivity index (χ2n) is 5.08. The van der Waals surface area contributed by atoms with Crippen molar-refractivity contribution < 1.29 is 9.53 Å². The molecule has 1 aromatic rings. The van der Waals surface area contributed by atoms with Crippen LogP contribution in [0.15, 0.2) is 18.2 Å². The highest BCUT2D eigenvalue weighted by Gasteiger charge is 2.22. The van der Waals surface area contributed by atoms with Gasteiger partial charge in [-0.25, -0.2) is 0 Å². The summed E-state index contributed by atoms with van der Waals surface area (Å²) in [6.07, 6.45) is 2.68. The van der Waals surface area contributed by atoms with Gasteiger partial charge in [-0.05, 0) is 32.8 Å². The fourth-order valence-corrected chi connectivity index (χ4v) is 2.50. The van der Waals surface area contributed by atoms with Gasteiger partial charge in [0.05, 0.1) is 13.2 Å². The molecule has 3 heteroatoms. The molecular formula is C15H21NO2. The molecule has 0 spiro atoms. The lowest BCUT2D eigenvalue weighted by Crippen LogP contribution is -2.16. The van der Waals surface area contributed by atoms with Gasteiger partial charge in [-0.2, -0.15) is 0 Å². The van der Waals surface area contributed by atoms with Crippen LogP contribution in [-0.2, 0) is 17.7 Å². The van der Waals surface area contributed by atoms with Gasteiger partial charge in [-0.15, -0.1) is 0 Å². The van der Waals surface area contributed by atoms with Crippen molar-refractivity contribution in [3.8, 4) is 0 Å². The average molecular weight is 247 g/mol. The van der Waals surface area contributed by atoms with E-state index in [4.69, 9.17) is 4.74 Å². The summed E-state index contributed by atoms with van der Waals surface area (Å²) in [5.41, 5.74) is 4.33. The Morgan fingerprint density at radius 3 is 3.00 bits per heavy atom. The second kappa shape index (κ2) is 5.53. The maximum absolute atomic E-state index is 11.8. The third-order valence-electron chi connectivity index (χ3n) is 3.34. The Hall–Kier alpha value is -1.35. The van der Waals surface area contributed by atoms with Crippen LogP contribution < -0.4 is 0 Å². The molecular weight excluding hydrogens is 226 g/mol. The summed E-state index contributed by atoms with van der Waals surface area (Å²) in [6.45, 7) is 9.93. The van der Waals surface area contributed by atoms with Crippen LogP contribution in [0.25, 0.3) is 0 Å². The minimum absolute atomic E-state index is 0.293. The van der Waals surface area contributed by atoms with Crippen molar-refractivity contribution in [2.45, 2.75) is 39.7 Å². The zero-order chi connectivity index (χ0) is 13.1. The van der Waals surface area contributed by atoms with Crippen LogP contribution >= 0.6 is 0 Å². The molecule has 1 heterocycles. The lowest BCUT2D eigenvalue weighted by Gasteiger charge is -2.16. The molecule has 0 radical (unpaired) electrons. The first-order valence-electron chi connectivity index (χ1n) is 6.54. The molecule has 1 aliphatic carbocycles. The van der Waals surface area contributed by atoms with Gasteiger partial charge in [0.1, 0.15) is 0 Å². The number of Topliss-reactive ketones (excluding diaryl/α,β-unsaturated/α-hetero) is 1. The maximum Gasteiger partial charge on any atom is 0.164 e. The number of ketones is 1. The average Bonchev–Trinajstić information content (AvgIpc) is 2.63. The molecule has 0 aliphatic heterocycles. The molecule has 0 amide bonds. The summed E-state index contributed by atoms with van der Waals surface area (Å²) in [7, 11) is 0. The molecule has 1 aromatic heterocycles. The number of carbonyl (C=O) groups excluding carboxylic acids is 1. The van der Waals surface area contributed by atoms with E-state index in [1.165, 1.54) is 5.69 Å². The molecule has 0 atom stereocenters. The Morgan fingerprint density at radius 1 is 1.50 bits per heavy atom. The zero-order valence-corrected chi connectivity index (χ0v) is 11.3. The van der Waals surface area contributed by atoms with Crippen LogP contribution in [0.4, 0.5) is 0 Å². The minimum atomic E-state index is 0.293. The van der Waals surface area contributed by atoms with Gasteiger partial charge in [0, 0.05) is 29.9 Å². The van der Waals surface area contributed by atoms with Crippen molar-refractivity contribution >= 4 is 5.78 Å².